The molecular weight excluding hydrogens is 426 g/mol. The summed E-state index contributed by atoms with van der Waals surface area (Å²) >= 11 is 12.8. The highest BCUT2D eigenvalue weighted by Gasteiger charge is 2.16. The van der Waals surface area contributed by atoms with Gasteiger partial charge in [0, 0.05) is 27.9 Å². The van der Waals surface area contributed by atoms with E-state index in [0.29, 0.717) is 22.2 Å². The number of phenolic OH excluding ortho intramolecular Hbond substituents is 1. The number of ketones is 1. The SMILES string of the molecule is CC(=O)COc1cc(Cl)c(Cc2ccc(O)c([C@@H](C)c3ccc(F)cc3)c2)c(Cl)c1. The summed E-state index contributed by atoms with van der Waals surface area (Å²) in [6, 6.07) is 14.8. The molecule has 0 bridgehead atoms. The van der Waals surface area contributed by atoms with E-state index in [0.717, 1.165) is 22.3 Å². The fourth-order valence-corrected chi connectivity index (χ4v) is 3.81. The number of Topliss-reactive ketones (excluding diaryl/α,β-unsaturated/α-hetero) is 1. The zero-order valence-corrected chi connectivity index (χ0v) is 18.1. The zero-order valence-electron chi connectivity index (χ0n) is 16.6. The Morgan fingerprint density at radius 2 is 1.70 bits per heavy atom. The lowest BCUT2D eigenvalue weighted by Gasteiger charge is -2.16. The molecule has 1 N–H and O–H groups in total. The highest BCUT2D eigenvalue weighted by atomic mass is 35.5. The molecule has 30 heavy (non-hydrogen) atoms. The number of carbonyl (C=O) groups excluding carboxylic acids is 1. The topological polar surface area (TPSA) is 46.5 Å². The van der Waals surface area contributed by atoms with Gasteiger partial charge in [0.15, 0.2) is 5.78 Å². The van der Waals surface area contributed by atoms with Crippen LogP contribution < -0.4 is 4.74 Å². The molecule has 0 unspecified atom stereocenters. The van der Waals surface area contributed by atoms with Gasteiger partial charge < -0.3 is 9.84 Å². The van der Waals surface area contributed by atoms with Crippen molar-refractivity contribution in [2.75, 3.05) is 6.61 Å². The first-order valence-electron chi connectivity index (χ1n) is 9.42. The molecule has 0 aliphatic carbocycles. The molecule has 0 saturated carbocycles. The second kappa shape index (κ2) is 9.50. The largest absolute Gasteiger partial charge is 0.508 e. The second-order valence-corrected chi connectivity index (χ2v) is 8.01. The van der Waals surface area contributed by atoms with Crippen LogP contribution in [-0.2, 0) is 11.2 Å². The lowest BCUT2D eigenvalue weighted by Crippen LogP contribution is -2.06. The van der Waals surface area contributed by atoms with E-state index in [4.69, 9.17) is 27.9 Å². The first kappa shape index (κ1) is 22.1. The van der Waals surface area contributed by atoms with E-state index >= 15 is 0 Å². The van der Waals surface area contributed by atoms with Crippen LogP contribution in [0.25, 0.3) is 0 Å². The van der Waals surface area contributed by atoms with Gasteiger partial charge in [0.25, 0.3) is 0 Å². The summed E-state index contributed by atoms with van der Waals surface area (Å²) in [6.45, 7) is 3.34. The van der Waals surface area contributed by atoms with Gasteiger partial charge in [-0.25, -0.2) is 4.39 Å². The van der Waals surface area contributed by atoms with Crippen molar-refractivity contribution in [3.63, 3.8) is 0 Å². The summed E-state index contributed by atoms with van der Waals surface area (Å²) in [4.78, 5) is 11.1. The Balaban J connectivity index is 1.86. The Morgan fingerprint density at radius 3 is 2.30 bits per heavy atom. The fourth-order valence-electron chi connectivity index (χ4n) is 3.21. The van der Waals surface area contributed by atoms with Crippen molar-refractivity contribution >= 4 is 29.0 Å². The molecule has 0 heterocycles. The number of carbonyl (C=O) groups is 1. The first-order chi connectivity index (χ1) is 14.2. The van der Waals surface area contributed by atoms with Gasteiger partial charge in [-0.1, -0.05) is 54.4 Å². The summed E-state index contributed by atoms with van der Waals surface area (Å²) in [5.74, 6) is 0.0713. The van der Waals surface area contributed by atoms with Crippen LogP contribution >= 0.6 is 23.2 Å². The zero-order chi connectivity index (χ0) is 21.8. The number of phenols is 1. The smallest absolute Gasteiger partial charge is 0.167 e. The number of rotatable bonds is 7. The quantitative estimate of drug-likeness (QED) is 0.447. The standard InChI is InChI=1S/C24H21Cl2FO3/c1-14(28)13-30-19-11-22(25)21(23(26)12-19)10-16-3-8-24(29)20(9-16)15(2)17-4-6-18(27)7-5-17/h3-9,11-12,15,29H,10,13H2,1-2H3/t15-/m0/s1. The van der Waals surface area contributed by atoms with Crippen molar-refractivity contribution in [1.82, 2.24) is 0 Å². The number of ether oxygens (including phenoxy) is 1. The molecule has 0 fully saturated rings. The number of halogens is 3. The highest BCUT2D eigenvalue weighted by Crippen LogP contribution is 2.35. The van der Waals surface area contributed by atoms with Gasteiger partial charge in [0.2, 0.25) is 0 Å². The third-order valence-corrected chi connectivity index (χ3v) is 5.54. The third kappa shape index (κ3) is 5.32. The molecule has 0 spiro atoms. The molecule has 6 heteroatoms. The maximum atomic E-state index is 13.2. The maximum absolute atomic E-state index is 13.2. The normalized spacial score (nSPS) is 11.9. The lowest BCUT2D eigenvalue weighted by atomic mass is 9.90. The van der Waals surface area contributed by atoms with Crippen LogP contribution in [0.3, 0.4) is 0 Å². The van der Waals surface area contributed by atoms with E-state index in [2.05, 4.69) is 0 Å². The fraction of sp³-hybridized carbons (Fsp3) is 0.208. The van der Waals surface area contributed by atoms with E-state index in [1.165, 1.54) is 19.1 Å². The Kier molecular flexibility index (Phi) is 7.01. The maximum Gasteiger partial charge on any atom is 0.167 e. The van der Waals surface area contributed by atoms with Crippen LogP contribution in [0, 0.1) is 5.82 Å². The molecular formula is C24H21Cl2FO3. The minimum Gasteiger partial charge on any atom is -0.508 e. The molecule has 0 radical (unpaired) electrons. The molecule has 3 rings (SSSR count). The average Bonchev–Trinajstić information content (AvgIpc) is 2.70. The Hall–Kier alpha value is -2.56. The molecule has 1 atom stereocenters. The van der Waals surface area contributed by atoms with Gasteiger partial charge in [0.1, 0.15) is 23.9 Å². The van der Waals surface area contributed by atoms with Crippen molar-refractivity contribution in [3.05, 3.63) is 92.7 Å². The molecule has 0 aromatic heterocycles. The Bertz CT molecular complexity index is 1040. The molecule has 0 aliphatic heterocycles. The molecule has 3 aromatic rings. The number of aromatic hydroxyl groups is 1. The summed E-state index contributed by atoms with van der Waals surface area (Å²) in [5, 5.41) is 11.2. The van der Waals surface area contributed by atoms with Crippen LogP contribution in [0.5, 0.6) is 11.5 Å². The van der Waals surface area contributed by atoms with Gasteiger partial charge in [-0.2, -0.15) is 0 Å². The Labute approximate surface area is 185 Å². The summed E-state index contributed by atoms with van der Waals surface area (Å²) in [7, 11) is 0. The monoisotopic (exact) mass is 446 g/mol. The number of benzene rings is 3. The summed E-state index contributed by atoms with van der Waals surface area (Å²) in [6.07, 6.45) is 0.452. The van der Waals surface area contributed by atoms with Crippen LogP contribution in [-0.4, -0.2) is 17.5 Å². The molecule has 156 valence electrons. The van der Waals surface area contributed by atoms with Gasteiger partial charge >= 0.3 is 0 Å². The predicted octanol–water partition coefficient (Wildman–Crippen LogP) is 6.55. The van der Waals surface area contributed by atoms with Crippen molar-refractivity contribution in [1.29, 1.82) is 0 Å². The lowest BCUT2D eigenvalue weighted by molar-refractivity contribution is -0.118. The van der Waals surface area contributed by atoms with Gasteiger partial charge in [-0.05, 0) is 53.9 Å². The third-order valence-electron chi connectivity index (χ3n) is 4.87. The van der Waals surface area contributed by atoms with Crippen molar-refractivity contribution in [2.45, 2.75) is 26.2 Å². The minimum atomic E-state index is -0.302. The molecule has 0 saturated heterocycles. The summed E-state index contributed by atoms with van der Waals surface area (Å²) in [5.41, 5.74) is 3.26. The molecule has 3 nitrogen and oxygen atoms in total. The average molecular weight is 447 g/mol. The molecule has 0 aliphatic rings. The Morgan fingerprint density at radius 1 is 1.07 bits per heavy atom. The van der Waals surface area contributed by atoms with Crippen LogP contribution in [0.4, 0.5) is 4.39 Å². The number of hydrogen-bond donors (Lipinski definition) is 1. The van der Waals surface area contributed by atoms with Crippen LogP contribution in [0.15, 0.2) is 54.6 Å². The number of hydrogen-bond acceptors (Lipinski definition) is 3. The van der Waals surface area contributed by atoms with Crippen LogP contribution in [0.2, 0.25) is 10.0 Å². The first-order valence-corrected chi connectivity index (χ1v) is 10.2. The van der Waals surface area contributed by atoms with Crippen molar-refractivity contribution in [2.24, 2.45) is 0 Å². The van der Waals surface area contributed by atoms with Crippen molar-refractivity contribution in [3.8, 4) is 11.5 Å². The molecule has 0 amide bonds. The predicted molar refractivity (Wildman–Crippen MR) is 117 cm³/mol. The van der Waals surface area contributed by atoms with Gasteiger partial charge in [-0.3, -0.25) is 4.79 Å². The van der Waals surface area contributed by atoms with E-state index in [9.17, 15) is 14.3 Å². The van der Waals surface area contributed by atoms with Crippen molar-refractivity contribution < 1.29 is 19.0 Å². The van der Waals surface area contributed by atoms with Gasteiger partial charge in [-0.15, -0.1) is 0 Å². The van der Waals surface area contributed by atoms with E-state index < -0.39 is 0 Å². The van der Waals surface area contributed by atoms with E-state index in [-0.39, 0.29) is 29.9 Å². The van der Waals surface area contributed by atoms with E-state index in [1.807, 2.05) is 19.1 Å². The van der Waals surface area contributed by atoms with Crippen LogP contribution in [0.1, 0.15) is 42.0 Å². The highest BCUT2D eigenvalue weighted by molar-refractivity contribution is 6.36. The minimum absolute atomic E-state index is 0.0470. The second-order valence-electron chi connectivity index (χ2n) is 7.20. The van der Waals surface area contributed by atoms with Gasteiger partial charge in [0.05, 0.1) is 0 Å². The van der Waals surface area contributed by atoms with E-state index in [1.54, 1.807) is 30.3 Å². The summed E-state index contributed by atoms with van der Waals surface area (Å²) < 4.78 is 18.6. The molecule has 3 aromatic carbocycles.